The van der Waals surface area contributed by atoms with Gasteiger partial charge in [-0.15, -0.1) is 0 Å². The normalized spacial score (nSPS) is 12.4. The number of aromatic amines is 1. The summed E-state index contributed by atoms with van der Waals surface area (Å²) in [6.07, 6.45) is 2.51. The summed E-state index contributed by atoms with van der Waals surface area (Å²) in [4.78, 5) is 12.2. The number of benzene rings is 1. The van der Waals surface area contributed by atoms with Crippen LogP contribution in [0.3, 0.4) is 0 Å². The Balaban J connectivity index is 2.01. The maximum atomic E-state index is 12.2. The van der Waals surface area contributed by atoms with E-state index in [1.54, 1.807) is 6.20 Å². The zero-order valence-electron chi connectivity index (χ0n) is 12.5. The molecule has 1 unspecified atom stereocenters. The van der Waals surface area contributed by atoms with E-state index in [0.717, 1.165) is 23.4 Å². The van der Waals surface area contributed by atoms with Gasteiger partial charge in [-0.25, -0.2) is 0 Å². The van der Waals surface area contributed by atoms with E-state index in [1.807, 2.05) is 30.3 Å². The van der Waals surface area contributed by atoms with Crippen LogP contribution in [0.2, 0.25) is 0 Å². The van der Waals surface area contributed by atoms with Crippen LogP contribution in [0.15, 0.2) is 36.5 Å². The third kappa shape index (κ3) is 4.16. The molecule has 0 saturated heterocycles. The minimum absolute atomic E-state index is 0.0134. The van der Waals surface area contributed by atoms with Crippen LogP contribution in [-0.4, -0.2) is 22.6 Å². The Bertz CT molecular complexity index is 560. The van der Waals surface area contributed by atoms with Gasteiger partial charge in [-0.05, 0) is 36.1 Å². The lowest BCUT2D eigenvalue weighted by Gasteiger charge is -2.16. The zero-order valence-corrected chi connectivity index (χ0v) is 12.5. The van der Waals surface area contributed by atoms with Crippen molar-refractivity contribution in [3.63, 3.8) is 0 Å². The summed E-state index contributed by atoms with van der Waals surface area (Å²) in [6.45, 7) is 4.56. The lowest BCUT2D eigenvalue weighted by Crippen LogP contribution is -2.30. The molecule has 0 bridgehead atoms. The summed E-state index contributed by atoms with van der Waals surface area (Å²) in [7, 11) is 0. The van der Waals surface area contributed by atoms with Crippen molar-refractivity contribution in [3.05, 3.63) is 36.5 Å². The summed E-state index contributed by atoms with van der Waals surface area (Å²) in [5.41, 5.74) is 8.46. The molecule has 1 aromatic heterocycles. The number of H-pyrrole nitrogens is 1. The smallest absolute Gasteiger partial charge is 0.228 e. The summed E-state index contributed by atoms with van der Waals surface area (Å²) in [6, 6.07) is 9.57. The summed E-state index contributed by atoms with van der Waals surface area (Å²) < 4.78 is 0. The van der Waals surface area contributed by atoms with Gasteiger partial charge in [0.2, 0.25) is 5.91 Å². The number of hydrogen-bond donors (Lipinski definition) is 3. The second-order valence-corrected chi connectivity index (χ2v) is 5.60. The van der Waals surface area contributed by atoms with Gasteiger partial charge >= 0.3 is 0 Å². The highest BCUT2D eigenvalue weighted by Crippen LogP contribution is 2.20. The largest absolute Gasteiger partial charge is 0.330 e. The van der Waals surface area contributed by atoms with Gasteiger partial charge in [0.25, 0.3) is 0 Å². The molecular formula is C16H22N4O. The molecule has 0 aliphatic rings. The van der Waals surface area contributed by atoms with Crippen LogP contribution < -0.4 is 11.1 Å². The van der Waals surface area contributed by atoms with Crippen molar-refractivity contribution in [2.75, 3.05) is 11.9 Å². The quantitative estimate of drug-likeness (QED) is 0.763. The van der Waals surface area contributed by atoms with Gasteiger partial charge in [0.15, 0.2) is 0 Å². The average Bonchev–Trinajstić information content (AvgIpc) is 2.99. The highest BCUT2D eigenvalue weighted by atomic mass is 16.1. The Morgan fingerprint density at radius 3 is 2.52 bits per heavy atom. The molecule has 0 spiro atoms. The van der Waals surface area contributed by atoms with Crippen molar-refractivity contribution in [2.45, 2.75) is 20.3 Å². The molecule has 0 aliphatic carbocycles. The molecule has 21 heavy (non-hydrogen) atoms. The van der Waals surface area contributed by atoms with Gasteiger partial charge in [-0.2, -0.15) is 5.10 Å². The van der Waals surface area contributed by atoms with Crippen LogP contribution >= 0.6 is 0 Å². The molecule has 1 aromatic carbocycles. The third-order valence-electron chi connectivity index (χ3n) is 3.38. The van der Waals surface area contributed by atoms with Crippen LogP contribution in [0.4, 0.5) is 5.69 Å². The summed E-state index contributed by atoms with van der Waals surface area (Å²) >= 11 is 0. The number of anilines is 1. The molecule has 1 atom stereocenters. The van der Waals surface area contributed by atoms with E-state index in [0.29, 0.717) is 12.5 Å². The molecule has 0 saturated carbocycles. The Kier molecular flexibility index (Phi) is 5.11. The van der Waals surface area contributed by atoms with Crippen molar-refractivity contribution >= 4 is 11.6 Å². The lowest BCUT2D eigenvalue weighted by atomic mass is 9.96. The Morgan fingerprint density at radius 1 is 1.29 bits per heavy atom. The van der Waals surface area contributed by atoms with Gasteiger partial charge in [0.05, 0.1) is 11.6 Å². The first-order valence-electron chi connectivity index (χ1n) is 7.21. The second-order valence-electron chi connectivity index (χ2n) is 5.60. The van der Waals surface area contributed by atoms with Gasteiger partial charge in [-0.1, -0.05) is 26.0 Å². The van der Waals surface area contributed by atoms with Gasteiger partial charge in [0.1, 0.15) is 0 Å². The highest BCUT2D eigenvalue weighted by Gasteiger charge is 2.18. The molecule has 5 heteroatoms. The van der Waals surface area contributed by atoms with E-state index in [9.17, 15) is 4.79 Å². The lowest BCUT2D eigenvalue weighted by molar-refractivity contribution is -0.120. The molecule has 4 N–H and O–H groups in total. The minimum atomic E-state index is -0.141. The van der Waals surface area contributed by atoms with Crippen LogP contribution in [0.1, 0.15) is 20.3 Å². The highest BCUT2D eigenvalue weighted by molar-refractivity contribution is 5.92. The fourth-order valence-corrected chi connectivity index (χ4v) is 2.27. The van der Waals surface area contributed by atoms with E-state index >= 15 is 0 Å². The summed E-state index contributed by atoms with van der Waals surface area (Å²) in [5, 5.41) is 9.76. The van der Waals surface area contributed by atoms with E-state index in [1.165, 1.54) is 0 Å². The Morgan fingerprint density at radius 2 is 2.00 bits per heavy atom. The predicted molar refractivity (Wildman–Crippen MR) is 84.7 cm³/mol. The molecule has 2 aromatic rings. The number of nitrogens with two attached hydrogens (primary N) is 1. The number of nitrogens with zero attached hydrogens (tertiary/aromatic N) is 1. The average molecular weight is 286 g/mol. The molecule has 0 radical (unpaired) electrons. The fourth-order valence-electron chi connectivity index (χ4n) is 2.27. The van der Waals surface area contributed by atoms with Crippen molar-refractivity contribution < 1.29 is 4.79 Å². The Labute approximate surface area is 124 Å². The van der Waals surface area contributed by atoms with E-state index in [2.05, 4.69) is 29.4 Å². The monoisotopic (exact) mass is 286 g/mol. The van der Waals surface area contributed by atoms with Crippen molar-refractivity contribution in [3.8, 4) is 11.3 Å². The first kappa shape index (κ1) is 15.3. The number of nitrogens with one attached hydrogen (secondary N) is 2. The SMILES string of the molecule is CC(C)CC(CN)C(=O)Nc1ccc(-c2ccn[nH]2)cc1. The van der Waals surface area contributed by atoms with Crippen LogP contribution in [-0.2, 0) is 4.79 Å². The van der Waals surface area contributed by atoms with Crippen molar-refractivity contribution in [2.24, 2.45) is 17.6 Å². The van der Waals surface area contributed by atoms with Gasteiger partial charge < -0.3 is 11.1 Å². The molecule has 5 nitrogen and oxygen atoms in total. The standard InChI is InChI=1S/C16H22N4O/c1-11(2)9-13(10-17)16(21)19-14-5-3-12(4-6-14)15-7-8-18-20-15/h3-8,11,13H,9-10,17H2,1-2H3,(H,18,20)(H,19,21). The van der Waals surface area contributed by atoms with Gasteiger partial charge in [-0.3, -0.25) is 9.89 Å². The number of rotatable bonds is 6. The van der Waals surface area contributed by atoms with Crippen LogP contribution in [0.5, 0.6) is 0 Å². The first-order chi connectivity index (χ1) is 10.1. The topological polar surface area (TPSA) is 83.8 Å². The zero-order chi connectivity index (χ0) is 15.2. The molecule has 1 heterocycles. The minimum Gasteiger partial charge on any atom is -0.330 e. The predicted octanol–water partition coefficient (Wildman–Crippen LogP) is 2.64. The van der Waals surface area contributed by atoms with E-state index < -0.39 is 0 Å². The molecule has 0 aliphatic heterocycles. The van der Waals surface area contributed by atoms with E-state index in [-0.39, 0.29) is 11.8 Å². The van der Waals surface area contributed by atoms with Crippen LogP contribution in [0.25, 0.3) is 11.3 Å². The number of hydrogen-bond acceptors (Lipinski definition) is 3. The number of amides is 1. The first-order valence-corrected chi connectivity index (χ1v) is 7.21. The number of carbonyl (C=O) groups excluding carboxylic acids is 1. The van der Waals surface area contributed by atoms with E-state index in [4.69, 9.17) is 5.73 Å². The van der Waals surface area contributed by atoms with Crippen molar-refractivity contribution in [1.29, 1.82) is 0 Å². The second kappa shape index (κ2) is 7.04. The summed E-state index contributed by atoms with van der Waals surface area (Å²) in [5.74, 6) is 0.296. The molecule has 1 amide bonds. The van der Waals surface area contributed by atoms with Crippen LogP contribution in [0, 0.1) is 11.8 Å². The fraction of sp³-hybridized carbons (Fsp3) is 0.375. The molecule has 0 fully saturated rings. The number of carbonyl (C=O) groups is 1. The molecular weight excluding hydrogens is 264 g/mol. The van der Waals surface area contributed by atoms with Crippen molar-refractivity contribution in [1.82, 2.24) is 10.2 Å². The maximum Gasteiger partial charge on any atom is 0.228 e. The third-order valence-corrected chi connectivity index (χ3v) is 3.38. The molecule has 112 valence electrons. The number of aromatic nitrogens is 2. The maximum absolute atomic E-state index is 12.2. The Hall–Kier alpha value is -2.14. The van der Waals surface area contributed by atoms with Gasteiger partial charge in [0, 0.05) is 18.4 Å². The molecule has 2 rings (SSSR count).